The highest BCUT2D eigenvalue weighted by atomic mass is 79.9. The van der Waals surface area contributed by atoms with E-state index in [4.69, 9.17) is 16.3 Å². The number of carbonyl (C=O) groups is 3. The fourth-order valence-electron chi connectivity index (χ4n) is 4.33. The summed E-state index contributed by atoms with van der Waals surface area (Å²) in [6.07, 6.45) is 2.12. The maximum atomic E-state index is 13.5. The second-order valence-corrected chi connectivity index (χ2v) is 9.53. The Hall–Kier alpha value is -2.38. The molecule has 3 atom stereocenters. The summed E-state index contributed by atoms with van der Waals surface area (Å²) in [5, 5.41) is 0.433. The number of rotatable bonds is 5. The SMILES string of the molecule is COc1ccc(C(=O)CN2C(=O)N(c3cccc(Cl)c3)C(=O)C3CC(Br)CCC32)cc1. The van der Waals surface area contributed by atoms with E-state index in [-0.39, 0.29) is 35.0 Å². The quantitative estimate of drug-likeness (QED) is 0.427. The van der Waals surface area contributed by atoms with E-state index in [1.807, 2.05) is 0 Å². The zero-order valence-corrected chi connectivity index (χ0v) is 19.3. The molecule has 6 nitrogen and oxygen atoms in total. The molecule has 4 rings (SSSR count). The molecule has 8 heteroatoms. The van der Waals surface area contributed by atoms with Gasteiger partial charge in [-0.25, -0.2) is 9.69 Å². The van der Waals surface area contributed by atoms with Crippen LogP contribution in [-0.2, 0) is 4.79 Å². The van der Waals surface area contributed by atoms with Crippen molar-refractivity contribution in [1.82, 2.24) is 4.90 Å². The van der Waals surface area contributed by atoms with Crippen molar-refractivity contribution in [3.63, 3.8) is 0 Å². The van der Waals surface area contributed by atoms with Gasteiger partial charge in [0.25, 0.3) is 0 Å². The lowest BCUT2D eigenvalue weighted by molar-refractivity contribution is -0.126. The van der Waals surface area contributed by atoms with Crippen LogP contribution in [0, 0.1) is 5.92 Å². The van der Waals surface area contributed by atoms with E-state index in [9.17, 15) is 14.4 Å². The van der Waals surface area contributed by atoms with Crippen molar-refractivity contribution in [2.75, 3.05) is 18.6 Å². The number of urea groups is 1. The van der Waals surface area contributed by atoms with Crippen molar-refractivity contribution in [3.8, 4) is 5.75 Å². The molecule has 31 heavy (non-hydrogen) atoms. The molecule has 2 aliphatic rings. The third kappa shape index (κ3) is 4.34. The number of imide groups is 1. The Labute approximate surface area is 194 Å². The van der Waals surface area contributed by atoms with Gasteiger partial charge in [-0.3, -0.25) is 9.59 Å². The van der Waals surface area contributed by atoms with Gasteiger partial charge in [0.05, 0.1) is 25.3 Å². The monoisotopic (exact) mass is 504 g/mol. The Bertz CT molecular complexity index is 1010. The molecular formula is C23H22BrClN2O4. The second-order valence-electron chi connectivity index (χ2n) is 7.80. The fourth-order valence-corrected chi connectivity index (χ4v) is 5.18. The Morgan fingerprint density at radius 1 is 1.16 bits per heavy atom. The van der Waals surface area contributed by atoms with Gasteiger partial charge in [0.2, 0.25) is 5.91 Å². The highest BCUT2D eigenvalue weighted by Gasteiger charge is 2.49. The molecule has 2 aromatic rings. The number of hydrogen-bond donors (Lipinski definition) is 0. The average Bonchev–Trinajstić information content (AvgIpc) is 2.77. The first-order valence-corrected chi connectivity index (χ1v) is 11.4. The van der Waals surface area contributed by atoms with Gasteiger partial charge < -0.3 is 9.64 Å². The minimum Gasteiger partial charge on any atom is -0.497 e. The summed E-state index contributed by atoms with van der Waals surface area (Å²) in [5.41, 5.74) is 0.907. The average molecular weight is 506 g/mol. The second kappa shape index (κ2) is 9.01. The Morgan fingerprint density at radius 3 is 2.58 bits per heavy atom. The third-order valence-electron chi connectivity index (χ3n) is 5.92. The van der Waals surface area contributed by atoms with E-state index in [0.29, 0.717) is 34.9 Å². The molecule has 1 heterocycles. The first-order valence-electron chi connectivity index (χ1n) is 10.1. The predicted octanol–water partition coefficient (Wildman–Crippen LogP) is 4.93. The number of methoxy groups -OCH3 is 1. The molecule has 0 N–H and O–H groups in total. The number of ether oxygens (including phenoxy) is 1. The van der Waals surface area contributed by atoms with Gasteiger partial charge in [-0.1, -0.05) is 33.6 Å². The Morgan fingerprint density at radius 2 is 1.90 bits per heavy atom. The van der Waals surface area contributed by atoms with Crippen LogP contribution in [-0.4, -0.2) is 47.1 Å². The minimum atomic E-state index is -0.483. The molecule has 2 aromatic carbocycles. The van der Waals surface area contributed by atoms with E-state index in [1.54, 1.807) is 60.5 Å². The van der Waals surface area contributed by atoms with E-state index >= 15 is 0 Å². The summed E-state index contributed by atoms with van der Waals surface area (Å²) in [7, 11) is 1.56. The molecule has 2 fully saturated rings. The summed E-state index contributed by atoms with van der Waals surface area (Å²) in [6, 6.07) is 12.7. The summed E-state index contributed by atoms with van der Waals surface area (Å²) in [6.45, 7) is -0.0936. The van der Waals surface area contributed by atoms with E-state index in [2.05, 4.69) is 15.9 Å². The zero-order chi connectivity index (χ0) is 22.1. The normalized spacial score (nSPS) is 23.5. The lowest BCUT2D eigenvalue weighted by atomic mass is 9.80. The molecule has 3 unspecified atom stereocenters. The van der Waals surface area contributed by atoms with Gasteiger partial charge in [-0.05, 0) is 61.7 Å². The van der Waals surface area contributed by atoms with Crippen LogP contribution in [0.2, 0.25) is 5.02 Å². The zero-order valence-electron chi connectivity index (χ0n) is 17.0. The maximum Gasteiger partial charge on any atom is 0.332 e. The molecule has 0 bridgehead atoms. The third-order valence-corrected chi connectivity index (χ3v) is 6.98. The molecule has 0 aromatic heterocycles. The maximum absolute atomic E-state index is 13.5. The predicted molar refractivity (Wildman–Crippen MR) is 122 cm³/mol. The fraction of sp³-hybridized carbons (Fsp3) is 0.348. The number of alkyl halides is 1. The number of amides is 3. The van der Waals surface area contributed by atoms with Gasteiger partial charge >= 0.3 is 6.03 Å². The lowest BCUT2D eigenvalue weighted by Crippen LogP contribution is -2.64. The number of anilines is 1. The molecule has 162 valence electrons. The Balaban J connectivity index is 1.66. The number of Topliss-reactive ketones (excluding diaryl/α,β-unsaturated/α-hetero) is 1. The number of benzene rings is 2. The molecule has 1 saturated carbocycles. The molecule has 3 amide bonds. The van der Waals surface area contributed by atoms with Crippen molar-refractivity contribution >= 4 is 50.9 Å². The topological polar surface area (TPSA) is 66.9 Å². The van der Waals surface area contributed by atoms with Gasteiger partial charge in [-0.2, -0.15) is 0 Å². The summed E-state index contributed by atoms with van der Waals surface area (Å²) >= 11 is 9.74. The van der Waals surface area contributed by atoms with Crippen molar-refractivity contribution in [1.29, 1.82) is 0 Å². The van der Waals surface area contributed by atoms with Gasteiger partial charge in [0, 0.05) is 21.5 Å². The van der Waals surface area contributed by atoms with Gasteiger partial charge in [-0.15, -0.1) is 0 Å². The smallest absolute Gasteiger partial charge is 0.332 e. The van der Waals surface area contributed by atoms with Crippen LogP contribution in [0.15, 0.2) is 48.5 Å². The molecule has 1 aliphatic heterocycles. The van der Waals surface area contributed by atoms with Crippen LogP contribution in [0.5, 0.6) is 5.75 Å². The van der Waals surface area contributed by atoms with Crippen molar-refractivity contribution in [2.24, 2.45) is 5.92 Å². The molecule has 1 saturated heterocycles. The van der Waals surface area contributed by atoms with E-state index in [1.165, 1.54) is 4.90 Å². The van der Waals surface area contributed by atoms with E-state index in [0.717, 1.165) is 6.42 Å². The summed E-state index contributed by atoms with van der Waals surface area (Å²) in [4.78, 5) is 42.7. The Kier molecular flexibility index (Phi) is 6.34. The van der Waals surface area contributed by atoms with Crippen LogP contribution in [0.25, 0.3) is 0 Å². The number of fused-ring (bicyclic) bond motifs is 1. The van der Waals surface area contributed by atoms with Gasteiger partial charge in [0.15, 0.2) is 5.78 Å². The highest BCUT2D eigenvalue weighted by molar-refractivity contribution is 9.09. The van der Waals surface area contributed by atoms with Crippen LogP contribution >= 0.6 is 27.5 Å². The summed E-state index contributed by atoms with van der Waals surface area (Å²) in [5.74, 6) is -0.150. The largest absolute Gasteiger partial charge is 0.497 e. The highest BCUT2D eigenvalue weighted by Crippen LogP contribution is 2.39. The standard InChI is InChI=1S/C23H22BrClN2O4/c1-31-18-8-5-14(6-9-18)21(28)13-26-20-10-7-15(24)11-19(20)22(29)27(23(26)30)17-4-2-3-16(25)12-17/h2-6,8-9,12,15,19-20H,7,10-11,13H2,1H3. The molecule has 0 spiro atoms. The minimum absolute atomic E-state index is 0.0936. The number of halogens is 2. The first kappa shape index (κ1) is 21.8. The molecular weight excluding hydrogens is 484 g/mol. The molecule has 0 radical (unpaired) electrons. The van der Waals surface area contributed by atoms with E-state index < -0.39 is 6.03 Å². The van der Waals surface area contributed by atoms with Crippen LogP contribution in [0.3, 0.4) is 0 Å². The number of hydrogen-bond acceptors (Lipinski definition) is 4. The number of nitrogens with zero attached hydrogens (tertiary/aromatic N) is 2. The number of carbonyl (C=O) groups excluding carboxylic acids is 3. The van der Waals surface area contributed by atoms with Crippen molar-refractivity contribution in [3.05, 3.63) is 59.1 Å². The number of ketones is 1. The lowest BCUT2D eigenvalue weighted by Gasteiger charge is -2.47. The van der Waals surface area contributed by atoms with Crippen LogP contribution in [0.1, 0.15) is 29.6 Å². The van der Waals surface area contributed by atoms with Crippen LogP contribution in [0.4, 0.5) is 10.5 Å². The summed E-state index contributed by atoms with van der Waals surface area (Å²) < 4.78 is 5.15. The van der Waals surface area contributed by atoms with Gasteiger partial charge in [0.1, 0.15) is 5.75 Å². The van der Waals surface area contributed by atoms with Crippen LogP contribution < -0.4 is 9.64 Å². The first-order chi connectivity index (χ1) is 14.9. The van der Waals surface area contributed by atoms with Crippen molar-refractivity contribution in [2.45, 2.75) is 30.1 Å². The van der Waals surface area contributed by atoms with Crippen molar-refractivity contribution < 1.29 is 19.1 Å². The molecule has 1 aliphatic carbocycles.